The first kappa shape index (κ1) is 17.9. The van der Waals surface area contributed by atoms with Gasteiger partial charge in [0, 0.05) is 36.8 Å². The third kappa shape index (κ3) is 4.79. The maximum atomic E-state index is 12.5. The number of anilines is 1. The molecule has 0 aromatic heterocycles. The quantitative estimate of drug-likeness (QED) is 0.849. The highest BCUT2D eigenvalue weighted by molar-refractivity contribution is 7.99. The molecule has 2 aromatic rings. The Bertz CT molecular complexity index is 666. The summed E-state index contributed by atoms with van der Waals surface area (Å²) in [5.74, 6) is 2.43. The van der Waals surface area contributed by atoms with E-state index in [1.54, 1.807) is 0 Å². The van der Waals surface area contributed by atoms with Crippen molar-refractivity contribution in [2.45, 2.75) is 25.8 Å². The van der Waals surface area contributed by atoms with Crippen molar-refractivity contribution in [3.8, 4) is 0 Å². The zero-order valence-corrected chi connectivity index (χ0v) is 15.6. The molecule has 1 aliphatic rings. The first-order chi connectivity index (χ1) is 12.3. The monoisotopic (exact) mass is 354 g/mol. The Morgan fingerprint density at radius 1 is 1.08 bits per heavy atom. The number of rotatable bonds is 6. The van der Waals surface area contributed by atoms with Gasteiger partial charge in [0.25, 0.3) is 0 Å². The summed E-state index contributed by atoms with van der Waals surface area (Å²) in [7, 11) is 0. The van der Waals surface area contributed by atoms with Crippen LogP contribution in [0.4, 0.5) is 5.69 Å². The van der Waals surface area contributed by atoms with Crippen LogP contribution in [0.5, 0.6) is 0 Å². The number of benzene rings is 2. The molecule has 0 radical (unpaired) electrons. The Hall–Kier alpha value is -1.94. The van der Waals surface area contributed by atoms with Crippen molar-refractivity contribution in [1.29, 1.82) is 0 Å². The Labute approximate surface area is 154 Å². The second kappa shape index (κ2) is 8.95. The van der Waals surface area contributed by atoms with E-state index in [1.807, 2.05) is 42.1 Å². The van der Waals surface area contributed by atoms with Gasteiger partial charge in [0.15, 0.2) is 0 Å². The molecule has 3 rings (SSSR count). The molecule has 132 valence electrons. The van der Waals surface area contributed by atoms with Gasteiger partial charge in [-0.2, -0.15) is 11.8 Å². The van der Waals surface area contributed by atoms with Crippen LogP contribution in [-0.4, -0.2) is 30.5 Å². The second-order valence-electron chi connectivity index (χ2n) is 6.36. The van der Waals surface area contributed by atoms with Gasteiger partial charge in [-0.15, -0.1) is 0 Å². The van der Waals surface area contributed by atoms with Crippen molar-refractivity contribution >= 4 is 23.4 Å². The zero-order valence-electron chi connectivity index (χ0n) is 14.8. The molecule has 1 atom stereocenters. The second-order valence-corrected chi connectivity index (χ2v) is 7.58. The third-order valence-corrected chi connectivity index (χ3v) is 5.65. The van der Waals surface area contributed by atoms with Crippen LogP contribution in [0.25, 0.3) is 0 Å². The van der Waals surface area contributed by atoms with E-state index >= 15 is 0 Å². The Morgan fingerprint density at radius 2 is 1.76 bits per heavy atom. The number of carbonyl (C=O) groups excluding carboxylic acids is 1. The van der Waals surface area contributed by atoms with Crippen LogP contribution in [0, 0.1) is 0 Å². The van der Waals surface area contributed by atoms with E-state index in [2.05, 4.69) is 41.4 Å². The largest absolute Gasteiger partial charge is 0.370 e. The minimum Gasteiger partial charge on any atom is -0.370 e. The maximum absolute atomic E-state index is 12.5. The molecule has 0 aliphatic carbocycles. The summed E-state index contributed by atoms with van der Waals surface area (Å²) in [4.78, 5) is 15.0. The van der Waals surface area contributed by atoms with Crippen molar-refractivity contribution in [1.82, 2.24) is 5.32 Å². The molecule has 2 aromatic carbocycles. The van der Waals surface area contributed by atoms with E-state index in [1.165, 1.54) is 17.2 Å². The summed E-state index contributed by atoms with van der Waals surface area (Å²) in [6.07, 6.45) is 0.807. The topological polar surface area (TPSA) is 32.3 Å². The summed E-state index contributed by atoms with van der Waals surface area (Å²) < 4.78 is 0. The summed E-state index contributed by atoms with van der Waals surface area (Å²) in [5.41, 5.74) is 3.51. The van der Waals surface area contributed by atoms with Gasteiger partial charge >= 0.3 is 0 Å². The van der Waals surface area contributed by atoms with Crippen LogP contribution in [-0.2, 0) is 11.3 Å². The SMILES string of the molecule is CC[C@@H](C(=O)NCc1ccc(N2CCSCC2)cc1)c1ccccc1. The molecule has 0 bridgehead atoms. The molecule has 1 aliphatic heterocycles. The predicted octanol–water partition coefficient (Wildman–Crippen LogP) is 4.05. The lowest BCUT2D eigenvalue weighted by atomic mass is 9.95. The lowest BCUT2D eigenvalue weighted by molar-refractivity contribution is -0.122. The molecule has 1 fully saturated rings. The fraction of sp³-hybridized carbons (Fsp3) is 0.381. The lowest BCUT2D eigenvalue weighted by Crippen LogP contribution is -2.32. The van der Waals surface area contributed by atoms with Crippen LogP contribution >= 0.6 is 11.8 Å². The summed E-state index contributed by atoms with van der Waals surface area (Å²) >= 11 is 2.02. The lowest BCUT2D eigenvalue weighted by Gasteiger charge is -2.28. The fourth-order valence-corrected chi connectivity index (χ4v) is 4.12. The van der Waals surface area contributed by atoms with Gasteiger partial charge in [0.2, 0.25) is 5.91 Å². The van der Waals surface area contributed by atoms with Crippen LogP contribution in [0.2, 0.25) is 0 Å². The average Bonchev–Trinajstić information content (AvgIpc) is 2.69. The first-order valence-corrected chi connectivity index (χ1v) is 10.2. The van der Waals surface area contributed by atoms with Crippen LogP contribution in [0.3, 0.4) is 0 Å². The molecule has 1 amide bonds. The van der Waals surface area contributed by atoms with Gasteiger partial charge in [-0.25, -0.2) is 0 Å². The molecule has 1 heterocycles. The smallest absolute Gasteiger partial charge is 0.227 e. The van der Waals surface area contributed by atoms with Crippen molar-refractivity contribution in [2.24, 2.45) is 0 Å². The first-order valence-electron chi connectivity index (χ1n) is 9.02. The van der Waals surface area contributed by atoms with Gasteiger partial charge in [-0.1, -0.05) is 49.4 Å². The minimum absolute atomic E-state index is 0.0775. The number of hydrogen-bond donors (Lipinski definition) is 1. The molecule has 3 nitrogen and oxygen atoms in total. The van der Waals surface area contributed by atoms with E-state index in [-0.39, 0.29) is 11.8 Å². The standard InChI is InChI=1S/C21H26N2OS/c1-2-20(18-6-4-3-5-7-18)21(24)22-16-17-8-10-19(11-9-17)23-12-14-25-15-13-23/h3-11,20H,2,12-16H2,1H3,(H,22,24)/t20-/m1/s1. The number of hydrogen-bond acceptors (Lipinski definition) is 3. The van der Waals surface area contributed by atoms with Gasteiger partial charge in [0.05, 0.1) is 5.92 Å². The van der Waals surface area contributed by atoms with Crippen molar-refractivity contribution in [2.75, 3.05) is 29.5 Å². The molecule has 25 heavy (non-hydrogen) atoms. The zero-order chi connectivity index (χ0) is 17.5. The van der Waals surface area contributed by atoms with Crippen molar-refractivity contribution in [3.63, 3.8) is 0 Å². The molecule has 0 saturated carbocycles. The highest BCUT2D eigenvalue weighted by atomic mass is 32.2. The van der Waals surface area contributed by atoms with E-state index in [4.69, 9.17) is 0 Å². The molecule has 0 unspecified atom stereocenters. The highest BCUT2D eigenvalue weighted by Crippen LogP contribution is 2.21. The van der Waals surface area contributed by atoms with Crippen molar-refractivity contribution in [3.05, 3.63) is 65.7 Å². The average molecular weight is 355 g/mol. The molecular weight excluding hydrogens is 328 g/mol. The maximum Gasteiger partial charge on any atom is 0.227 e. The Kier molecular flexibility index (Phi) is 6.40. The van der Waals surface area contributed by atoms with Gasteiger partial charge in [-0.3, -0.25) is 4.79 Å². The third-order valence-electron chi connectivity index (χ3n) is 4.71. The summed E-state index contributed by atoms with van der Waals surface area (Å²) in [6.45, 7) is 4.88. The molecule has 1 N–H and O–H groups in total. The molecular formula is C21H26N2OS. The Balaban J connectivity index is 1.56. The van der Waals surface area contributed by atoms with Gasteiger partial charge in [0.1, 0.15) is 0 Å². The predicted molar refractivity (Wildman–Crippen MR) is 107 cm³/mol. The molecule has 1 saturated heterocycles. The Morgan fingerprint density at radius 3 is 2.40 bits per heavy atom. The normalized spacial score (nSPS) is 15.6. The van der Waals surface area contributed by atoms with Crippen LogP contribution < -0.4 is 10.2 Å². The van der Waals surface area contributed by atoms with Gasteiger partial charge < -0.3 is 10.2 Å². The summed E-state index contributed by atoms with van der Waals surface area (Å²) in [6, 6.07) is 18.6. The molecule has 4 heteroatoms. The summed E-state index contributed by atoms with van der Waals surface area (Å²) in [5, 5.41) is 3.09. The number of thioether (sulfide) groups is 1. The number of nitrogens with one attached hydrogen (secondary N) is 1. The van der Waals surface area contributed by atoms with Crippen LogP contribution in [0.1, 0.15) is 30.4 Å². The van der Waals surface area contributed by atoms with E-state index in [0.29, 0.717) is 6.54 Å². The van der Waals surface area contributed by atoms with Gasteiger partial charge in [-0.05, 0) is 29.7 Å². The van der Waals surface area contributed by atoms with E-state index < -0.39 is 0 Å². The molecule has 0 spiro atoms. The number of amides is 1. The number of nitrogens with zero attached hydrogens (tertiary/aromatic N) is 1. The fourth-order valence-electron chi connectivity index (χ4n) is 3.22. The number of carbonyl (C=O) groups is 1. The van der Waals surface area contributed by atoms with E-state index in [0.717, 1.165) is 30.6 Å². The minimum atomic E-state index is -0.0775. The van der Waals surface area contributed by atoms with Crippen molar-refractivity contribution < 1.29 is 4.79 Å². The highest BCUT2D eigenvalue weighted by Gasteiger charge is 2.18. The van der Waals surface area contributed by atoms with Crippen LogP contribution in [0.15, 0.2) is 54.6 Å². The van der Waals surface area contributed by atoms with E-state index in [9.17, 15) is 4.79 Å².